The number of halogens is 1. The van der Waals surface area contributed by atoms with Gasteiger partial charge >= 0.3 is 0 Å². The highest BCUT2D eigenvalue weighted by molar-refractivity contribution is 9.10. The van der Waals surface area contributed by atoms with E-state index < -0.39 is 10.8 Å². The highest BCUT2D eigenvalue weighted by Crippen LogP contribution is 2.44. The summed E-state index contributed by atoms with van der Waals surface area (Å²) < 4.78 is 14.3. The second kappa shape index (κ2) is 9.00. The van der Waals surface area contributed by atoms with Gasteiger partial charge in [-0.05, 0) is 78.5 Å². The van der Waals surface area contributed by atoms with E-state index in [2.05, 4.69) is 81.4 Å². The summed E-state index contributed by atoms with van der Waals surface area (Å²) in [7, 11) is -1.27. The van der Waals surface area contributed by atoms with Crippen LogP contribution in [0.2, 0.25) is 0 Å². The van der Waals surface area contributed by atoms with E-state index in [1.54, 1.807) is 0 Å². The van der Waals surface area contributed by atoms with Crippen LogP contribution < -0.4 is 10.2 Å². The normalized spacial score (nSPS) is 15.1. The van der Waals surface area contributed by atoms with E-state index in [0.29, 0.717) is 5.03 Å². The van der Waals surface area contributed by atoms with E-state index in [1.165, 1.54) is 16.7 Å². The number of fused-ring (bicyclic) bond motifs is 2. The van der Waals surface area contributed by atoms with Gasteiger partial charge in [0, 0.05) is 17.6 Å². The Labute approximate surface area is 189 Å². The van der Waals surface area contributed by atoms with Gasteiger partial charge in [0.05, 0.1) is 22.0 Å². The molecule has 1 aliphatic rings. The topological polar surface area (TPSA) is 45.2 Å². The average molecular weight is 484 g/mol. The summed E-state index contributed by atoms with van der Waals surface area (Å²) in [6, 6.07) is 16.6. The lowest BCUT2D eigenvalue weighted by molar-refractivity contribution is 0.645. The second-order valence-corrected chi connectivity index (χ2v) is 9.89. The minimum Gasteiger partial charge on any atom is -0.338 e. The summed E-state index contributed by atoms with van der Waals surface area (Å²) in [6.07, 6.45) is 0.969. The highest BCUT2D eigenvalue weighted by Gasteiger charge is 2.31. The lowest BCUT2D eigenvalue weighted by Crippen LogP contribution is -2.29. The number of anilines is 2. The Kier molecular flexibility index (Phi) is 6.37. The molecule has 0 saturated heterocycles. The molecule has 6 heteroatoms. The molecule has 0 radical (unpaired) electrons. The van der Waals surface area contributed by atoms with Crippen LogP contribution in [0, 0.1) is 20.8 Å². The molecule has 1 N–H and O–H groups in total. The Bertz CT molecular complexity index is 1100. The van der Waals surface area contributed by atoms with Crippen molar-refractivity contribution in [1.29, 1.82) is 0 Å². The fourth-order valence-electron chi connectivity index (χ4n) is 3.79. The Morgan fingerprint density at radius 1 is 1.10 bits per heavy atom. The summed E-state index contributed by atoms with van der Waals surface area (Å²) in [6.45, 7) is 8.77. The SMILES string of the molecule is Cc1ccc2c(c1C)N(CCCNCc1ccccc1)c1cc(Br)c(C)nc1S2=O. The van der Waals surface area contributed by atoms with Gasteiger partial charge in [0.25, 0.3) is 0 Å². The zero-order valence-corrected chi connectivity index (χ0v) is 19.9. The summed E-state index contributed by atoms with van der Waals surface area (Å²) >= 11 is 3.61. The van der Waals surface area contributed by atoms with Crippen molar-refractivity contribution in [2.24, 2.45) is 0 Å². The van der Waals surface area contributed by atoms with Gasteiger partial charge in [-0.25, -0.2) is 9.19 Å². The summed E-state index contributed by atoms with van der Waals surface area (Å²) in [4.78, 5) is 7.84. The van der Waals surface area contributed by atoms with Crippen molar-refractivity contribution in [2.75, 3.05) is 18.0 Å². The van der Waals surface area contributed by atoms with Crippen LogP contribution in [0.5, 0.6) is 0 Å². The van der Waals surface area contributed by atoms with Gasteiger partial charge in [-0.3, -0.25) is 0 Å². The molecule has 0 bridgehead atoms. The van der Waals surface area contributed by atoms with Gasteiger partial charge in [-0.15, -0.1) is 0 Å². The molecular formula is C24H26BrN3OS. The van der Waals surface area contributed by atoms with Crippen LogP contribution >= 0.6 is 15.9 Å². The molecule has 30 heavy (non-hydrogen) atoms. The van der Waals surface area contributed by atoms with Crippen molar-refractivity contribution in [3.8, 4) is 0 Å². The zero-order chi connectivity index (χ0) is 21.3. The monoisotopic (exact) mass is 483 g/mol. The molecule has 0 saturated carbocycles. The fourth-order valence-corrected chi connectivity index (χ4v) is 5.51. The van der Waals surface area contributed by atoms with Crippen molar-refractivity contribution in [1.82, 2.24) is 10.3 Å². The average Bonchev–Trinajstić information content (AvgIpc) is 2.74. The minimum atomic E-state index is -1.27. The molecule has 1 aliphatic heterocycles. The van der Waals surface area contributed by atoms with E-state index in [0.717, 1.165) is 52.5 Å². The van der Waals surface area contributed by atoms with E-state index in [4.69, 9.17) is 0 Å². The van der Waals surface area contributed by atoms with Crippen LogP contribution in [-0.4, -0.2) is 22.3 Å². The maximum atomic E-state index is 13.3. The number of pyridine rings is 1. The van der Waals surface area contributed by atoms with Crippen LogP contribution in [0.4, 0.5) is 11.4 Å². The Hall–Kier alpha value is -2.02. The number of aryl methyl sites for hydroxylation is 2. The first-order valence-corrected chi connectivity index (χ1v) is 12.1. The minimum absolute atomic E-state index is 0.656. The number of benzene rings is 2. The maximum absolute atomic E-state index is 13.3. The Morgan fingerprint density at radius 2 is 1.87 bits per heavy atom. The molecule has 156 valence electrons. The van der Waals surface area contributed by atoms with Crippen molar-refractivity contribution in [2.45, 2.75) is 43.7 Å². The van der Waals surface area contributed by atoms with E-state index in [-0.39, 0.29) is 0 Å². The second-order valence-electron chi connectivity index (χ2n) is 7.67. The predicted octanol–water partition coefficient (Wildman–Crippen LogP) is 5.57. The van der Waals surface area contributed by atoms with Crippen LogP contribution in [0.15, 0.2) is 62.9 Å². The molecule has 1 unspecified atom stereocenters. The largest absolute Gasteiger partial charge is 0.338 e. The van der Waals surface area contributed by atoms with Crippen LogP contribution in [-0.2, 0) is 17.3 Å². The molecule has 2 heterocycles. The first-order valence-electron chi connectivity index (χ1n) is 10.2. The third kappa shape index (κ3) is 4.09. The number of rotatable bonds is 6. The predicted molar refractivity (Wildman–Crippen MR) is 127 cm³/mol. The lowest BCUT2D eigenvalue weighted by atomic mass is 10.1. The summed E-state index contributed by atoms with van der Waals surface area (Å²) in [5.41, 5.74) is 6.55. The van der Waals surface area contributed by atoms with Crippen molar-refractivity contribution in [3.63, 3.8) is 0 Å². The number of aromatic nitrogens is 1. The molecular weight excluding hydrogens is 458 g/mol. The van der Waals surface area contributed by atoms with Gasteiger partial charge in [0.15, 0.2) is 5.03 Å². The van der Waals surface area contributed by atoms with Gasteiger partial charge in [-0.1, -0.05) is 36.4 Å². The molecule has 0 fully saturated rings. The highest BCUT2D eigenvalue weighted by atomic mass is 79.9. The summed E-state index contributed by atoms with van der Waals surface area (Å²) in [5.74, 6) is 0. The number of nitrogens with zero attached hydrogens (tertiary/aromatic N) is 2. The zero-order valence-electron chi connectivity index (χ0n) is 17.5. The number of nitrogens with one attached hydrogen (secondary N) is 1. The van der Waals surface area contributed by atoms with E-state index in [9.17, 15) is 4.21 Å². The third-order valence-electron chi connectivity index (χ3n) is 5.61. The van der Waals surface area contributed by atoms with Gasteiger partial charge < -0.3 is 10.2 Å². The smallest absolute Gasteiger partial charge is 0.156 e. The van der Waals surface area contributed by atoms with Crippen LogP contribution in [0.25, 0.3) is 0 Å². The van der Waals surface area contributed by atoms with Crippen molar-refractivity contribution >= 4 is 38.1 Å². The van der Waals surface area contributed by atoms with E-state index >= 15 is 0 Å². The van der Waals surface area contributed by atoms with Crippen LogP contribution in [0.3, 0.4) is 0 Å². The standard InChI is InChI=1S/C24H26BrN3OS/c1-16-10-11-22-23(17(16)2)28(13-7-12-26-15-19-8-5-4-6-9-19)21-14-20(25)18(3)27-24(21)30(22)29/h4-6,8-11,14,26H,7,12-13,15H2,1-3H3. The molecule has 2 aromatic carbocycles. The summed E-state index contributed by atoms with van der Waals surface area (Å²) in [5, 5.41) is 4.19. The quantitative estimate of drug-likeness (QED) is 0.465. The fraction of sp³-hybridized carbons (Fsp3) is 0.292. The maximum Gasteiger partial charge on any atom is 0.156 e. The molecule has 1 aromatic heterocycles. The molecule has 0 spiro atoms. The van der Waals surface area contributed by atoms with Gasteiger partial charge in [0.1, 0.15) is 10.8 Å². The third-order valence-corrected chi connectivity index (χ3v) is 7.79. The van der Waals surface area contributed by atoms with Gasteiger partial charge in [-0.2, -0.15) is 0 Å². The Balaban J connectivity index is 1.59. The first kappa shape index (κ1) is 21.2. The molecule has 0 amide bonds. The molecule has 3 aromatic rings. The van der Waals surface area contributed by atoms with E-state index in [1.807, 2.05) is 19.1 Å². The Morgan fingerprint density at radius 3 is 2.63 bits per heavy atom. The van der Waals surface area contributed by atoms with Crippen molar-refractivity contribution < 1.29 is 4.21 Å². The van der Waals surface area contributed by atoms with Crippen molar-refractivity contribution in [3.05, 3.63) is 75.4 Å². The molecule has 1 atom stereocenters. The first-order chi connectivity index (χ1) is 14.5. The number of hydrogen-bond donors (Lipinski definition) is 1. The molecule has 4 rings (SSSR count). The number of hydrogen-bond acceptors (Lipinski definition) is 4. The van der Waals surface area contributed by atoms with Gasteiger partial charge in [0.2, 0.25) is 0 Å². The molecule has 4 nitrogen and oxygen atoms in total. The lowest BCUT2D eigenvalue weighted by Gasteiger charge is -2.34. The molecule has 0 aliphatic carbocycles. The van der Waals surface area contributed by atoms with Crippen LogP contribution in [0.1, 0.15) is 28.8 Å².